The highest BCUT2D eigenvalue weighted by Crippen LogP contribution is 2.33. The highest BCUT2D eigenvalue weighted by Gasteiger charge is 2.31. The standard InChI is InChI=1S/C16H24N2O/c1-11-6-7-14(9-12(11)2)15-5-4-8-18(15)16(19)13(3)10-17/h6-7,9,13,15H,4-5,8,10,17H2,1-3H3. The van der Waals surface area contributed by atoms with Gasteiger partial charge in [-0.3, -0.25) is 4.79 Å². The van der Waals surface area contributed by atoms with E-state index in [1.807, 2.05) is 11.8 Å². The second-order valence-electron chi connectivity index (χ2n) is 5.67. The Bertz CT molecular complexity index is 470. The Morgan fingerprint density at radius 2 is 2.16 bits per heavy atom. The van der Waals surface area contributed by atoms with E-state index in [9.17, 15) is 4.79 Å². The zero-order chi connectivity index (χ0) is 14.0. The number of carbonyl (C=O) groups excluding carboxylic acids is 1. The first-order chi connectivity index (χ1) is 9.04. The lowest BCUT2D eigenvalue weighted by atomic mass is 9.99. The van der Waals surface area contributed by atoms with Crippen LogP contribution in [0.4, 0.5) is 0 Å². The number of amides is 1. The van der Waals surface area contributed by atoms with E-state index in [0.29, 0.717) is 6.54 Å². The first-order valence-corrected chi connectivity index (χ1v) is 7.12. The maximum Gasteiger partial charge on any atom is 0.227 e. The second kappa shape index (κ2) is 5.74. The van der Waals surface area contributed by atoms with Crippen LogP contribution in [0.5, 0.6) is 0 Å². The molecule has 1 aromatic rings. The summed E-state index contributed by atoms with van der Waals surface area (Å²) in [5.74, 6) is 0.121. The van der Waals surface area contributed by atoms with E-state index in [2.05, 4.69) is 32.0 Å². The lowest BCUT2D eigenvalue weighted by Crippen LogP contribution is -2.37. The van der Waals surface area contributed by atoms with Crippen LogP contribution >= 0.6 is 0 Å². The molecule has 0 spiro atoms. The van der Waals surface area contributed by atoms with Gasteiger partial charge in [0.1, 0.15) is 0 Å². The fourth-order valence-corrected chi connectivity index (χ4v) is 2.73. The van der Waals surface area contributed by atoms with Gasteiger partial charge in [0.05, 0.1) is 6.04 Å². The molecule has 2 atom stereocenters. The van der Waals surface area contributed by atoms with Crippen molar-refractivity contribution in [1.82, 2.24) is 4.90 Å². The maximum absolute atomic E-state index is 12.4. The van der Waals surface area contributed by atoms with Gasteiger partial charge in [-0.1, -0.05) is 25.1 Å². The zero-order valence-electron chi connectivity index (χ0n) is 12.1. The Labute approximate surface area is 115 Å². The van der Waals surface area contributed by atoms with Crippen LogP contribution in [-0.4, -0.2) is 23.9 Å². The van der Waals surface area contributed by atoms with Gasteiger partial charge in [-0.2, -0.15) is 0 Å². The molecule has 2 N–H and O–H groups in total. The van der Waals surface area contributed by atoms with Gasteiger partial charge >= 0.3 is 0 Å². The summed E-state index contributed by atoms with van der Waals surface area (Å²) in [6, 6.07) is 6.77. The average Bonchev–Trinajstić information content (AvgIpc) is 2.89. The van der Waals surface area contributed by atoms with E-state index in [0.717, 1.165) is 19.4 Å². The van der Waals surface area contributed by atoms with E-state index in [-0.39, 0.29) is 17.9 Å². The van der Waals surface area contributed by atoms with Crippen molar-refractivity contribution < 1.29 is 4.79 Å². The van der Waals surface area contributed by atoms with Crippen molar-refractivity contribution in [3.63, 3.8) is 0 Å². The van der Waals surface area contributed by atoms with E-state index in [1.54, 1.807) is 0 Å². The average molecular weight is 260 g/mol. The van der Waals surface area contributed by atoms with Gasteiger partial charge in [0.15, 0.2) is 0 Å². The summed E-state index contributed by atoms with van der Waals surface area (Å²) in [5, 5.41) is 0. The molecular weight excluding hydrogens is 236 g/mol. The summed E-state index contributed by atoms with van der Waals surface area (Å²) < 4.78 is 0. The summed E-state index contributed by atoms with van der Waals surface area (Å²) >= 11 is 0. The predicted octanol–water partition coefficient (Wildman–Crippen LogP) is 2.56. The summed E-state index contributed by atoms with van der Waals surface area (Å²) in [7, 11) is 0. The molecule has 0 aliphatic carbocycles. The van der Waals surface area contributed by atoms with Crippen LogP contribution in [0, 0.1) is 19.8 Å². The molecular formula is C16H24N2O. The summed E-state index contributed by atoms with van der Waals surface area (Å²) in [5.41, 5.74) is 9.48. The van der Waals surface area contributed by atoms with Crippen LogP contribution in [0.15, 0.2) is 18.2 Å². The molecule has 1 amide bonds. The number of carbonyl (C=O) groups is 1. The molecule has 104 valence electrons. The normalized spacial score (nSPS) is 20.6. The third-order valence-electron chi connectivity index (χ3n) is 4.23. The number of aryl methyl sites for hydroxylation is 2. The van der Waals surface area contributed by atoms with Crippen LogP contribution in [0.25, 0.3) is 0 Å². The van der Waals surface area contributed by atoms with Crippen molar-refractivity contribution in [2.75, 3.05) is 13.1 Å². The van der Waals surface area contributed by atoms with Crippen LogP contribution in [-0.2, 0) is 4.79 Å². The number of benzene rings is 1. The Morgan fingerprint density at radius 1 is 1.42 bits per heavy atom. The van der Waals surface area contributed by atoms with Gasteiger partial charge in [-0.15, -0.1) is 0 Å². The molecule has 1 saturated heterocycles. The van der Waals surface area contributed by atoms with Crippen LogP contribution in [0.2, 0.25) is 0 Å². The monoisotopic (exact) mass is 260 g/mol. The molecule has 0 bridgehead atoms. The lowest BCUT2D eigenvalue weighted by molar-refractivity contribution is -0.135. The SMILES string of the molecule is Cc1ccc(C2CCCN2C(=O)C(C)CN)cc1C. The Balaban J connectivity index is 2.23. The molecule has 0 saturated carbocycles. The molecule has 2 unspecified atom stereocenters. The number of likely N-dealkylation sites (tertiary alicyclic amines) is 1. The Hall–Kier alpha value is -1.35. The topological polar surface area (TPSA) is 46.3 Å². The molecule has 0 aromatic heterocycles. The van der Waals surface area contributed by atoms with Crippen molar-refractivity contribution in [2.24, 2.45) is 11.7 Å². The number of rotatable bonds is 3. The molecule has 1 aromatic carbocycles. The van der Waals surface area contributed by atoms with Crippen molar-refractivity contribution >= 4 is 5.91 Å². The van der Waals surface area contributed by atoms with Gasteiger partial charge in [-0.25, -0.2) is 0 Å². The van der Waals surface area contributed by atoms with Gasteiger partial charge in [0.25, 0.3) is 0 Å². The fourth-order valence-electron chi connectivity index (χ4n) is 2.73. The Kier molecular flexibility index (Phi) is 4.25. The van der Waals surface area contributed by atoms with Gasteiger partial charge < -0.3 is 10.6 Å². The quantitative estimate of drug-likeness (QED) is 0.908. The zero-order valence-corrected chi connectivity index (χ0v) is 12.1. The first kappa shape index (κ1) is 14.1. The minimum Gasteiger partial charge on any atom is -0.335 e. The molecule has 19 heavy (non-hydrogen) atoms. The maximum atomic E-state index is 12.4. The number of hydrogen-bond donors (Lipinski definition) is 1. The molecule has 2 rings (SSSR count). The third kappa shape index (κ3) is 2.81. The highest BCUT2D eigenvalue weighted by atomic mass is 16.2. The molecule has 1 aliphatic heterocycles. The smallest absolute Gasteiger partial charge is 0.227 e. The fraction of sp³-hybridized carbons (Fsp3) is 0.562. The van der Waals surface area contributed by atoms with Crippen molar-refractivity contribution in [1.29, 1.82) is 0 Å². The minimum atomic E-state index is -0.0767. The summed E-state index contributed by atoms with van der Waals surface area (Å²) in [6.07, 6.45) is 2.14. The number of hydrogen-bond acceptors (Lipinski definition) is 2. The predicted molar refractivity (Wildman–Crippen MR) is 77.8 cm³/mol. The molecule has 3 heteroatoms. The molecule has 1 aliphatic rings. The summed E-state index contributed by atoms with van der Waals surface area (Å²) in [6.45, 7) is 7.45. The van der Waals surface area contributed by atoms with E-state index >= 15 is 0 Å². The van der Waals surface area contributed by atoms with Gasteiger partial charge in [0.2, 0.25) is 5.91 Å². The molecule has 3 nitrogen and oxygen atoms in total. The largest absolute Gasteiger partial charge is 0.335 e. The first-order valence-electron chi connectivity index (χ1n) is 7.12. The van der Waals surface area contributed by atoms with Crippen molar-refractivity contribution in [3.8, 4) is 0 Å². The third-order valence-corrected chi connectivity index (χ3v) is 4.23. The molecule has 0 radical (unpaired) electrons. The van der Waals surface area contributed by atoms with Crippen molar-refractivity contribution in [2.45, 2.75) is 39.7 Å². The van der Waals surface area contributed by atoms with E-state index in [1.165, 1.54) is 16.7 Å². The van der Waals surface area contributed by atoms with Gasteiger partial charge in [0, 0.05) is 19.0 Å². The van der Waals surface area contributed by atoms with Crippen LogP contribution in [0.1, 0.15) is 42.5 Å². The number of nitrogens with zero attached hydrogens (tertiary/aromatic N) is 1. The van der Waals surface area contributed by atoms with Crippen LogP contribution < -0.4 is 5.73 Å². The Morgan fingerprint density at radius 3 is 2.79 bits per heavy atom. The van der Waals surface area contributed by atoms with Crippen LogP contribution in [0.3, 0.4) is 0 Å². The highest BCUT2D eigenvalue weighted by molar-refractivity contribution is 5.79. The second-order valence-corrected chi connectivity index (χ2v) is 5.67. The summed E-state index contributed by atoms with van der Waals surface area (Å²) in [4.78, 5) is 14.4. The van der Waals surface area contributed by atoms with Crippen molar-refractivity contribution in [3.05, 3.63) is 34.9 Å². The lowest BCUT2D eigenvalue weighted by Gasteiger charge is -2.28. The molecule has 1 fully saturated rings. The van der Waals surface area contributed by atoms with E-state index in [4.69, 9.17) is 5.73 Å². The minimum absolute atomic E-state index is 0.0767. The molecule has 1 heterocycles. The van der Waals surface area contributed by atoms with E-state index < -0.39 is 0 Å². The van der Waals surface area contributed by atoms with Gasteiger partial charge in [-0.05, 0) is 43.4 Å². The number of nitrogens with two attached hydrogens (primary N) is 1.